The van der Waals surface area contributed by atoms with Crippen molar-refractivity contribution in [3.63, 3.8) is 0 Å². The number of carbonyl (C=O) groups excluding carboxylic acids is 2. The summed E-state index contributed by atoms with van der Waals surface area (Å²) in [5, 5.41) is 23.1. The van der Waals surface area contributed by atoms with Crippen molar-refractivity contribution in [2.75, 3.05) is 13.1 Å². The molecule has 19 heavy (non-hydrogen) atoms. The summed E-state index contributed by atoms with van der Waals surface area (Å²) in [6, 6.07) is -2.10. The van der Waals surface area contributed by atoms with Gasteiger partial charge in [-0.25, -0.2) is 9.59 Å². The number of hydrogen-bond acceptors (Lipinski definition) is 4. The SMILES string of the molecule is C[C@@H](O)[C@H](NC(=O)N1CCNC(=O)C1(C)C)C(=O)O. The Kier molecular flexibility index (Phi) is 4.35. The number of hydrogen-bond donors (Lipinski definition) is 4. The van der Waals surface area contributed by atoms with Gasteiger partial charge in [0.15, 0.2) is 6.04 Å². The van der Waals surface area contributed by atoms with Gasteiger partial charge < -0.3 is 25.7 Å². The molecule has 1 aliphatic rings. The lowest BCUT2D eigenvalue weighted by Gasteiger charge is -2.41. The molecule has 0 aromatic carbocycles. The van der Waals surface area contributed by atoms with E-state index in [0.717, 1.165) is 0 Å². The Hall–Kier alpha value is -1.83. The van der Waals surface area contributed by atoms with E-state index in [4.69, 9.17) is 5.11 Å². The molecule has 2 atom stereocenters. The molecule has 0 unspecified atom stereocenters. The summed E-state index contributed by atoms with van der Waals surface area (Å²) in [4.78, 5) is 35.9. The van der Waals surface area contributed by atoms with Crippen molar-refractivity contribution in [2.45, 2.75) is 38.5 Å². The van der Waals surface area contributed by atoms with Gasteiger partial charge in [-0.15, -0.1) is 0 Å². The number of aliphatic carboxylic acids is 1. The third-order valence-corrected chi connectivity index (χ3v) is 3.12. The highest BCUT2D eigenvalue weighted by molar-refractivity contribution is 5.92. The summed E-state index contributed by atoms with van der Waals surface area (Å²) in [6.07, 6.45) is -1.23. The molecule has 0 aromatic rings. The van der Waals surface area contributed by atoms with Gasteiger partial charge in [0.05, 0.1) is 6.10 Å². The van der Waals surface area contributed by atoms with Crippen LogP contribution in [0.4, 0.5) is 4.79 Å². The first-order chi connectivity index (χ1) is 8.67. The highest BCUT2D eigenvalue weighted by Crippen LogP contribution is 2.17. The summed E-state index contributed by atoms with van der Waals surface area (Å²) in [7, 11) is 0. The van der Waals surface area contributed by atoms with Gasteiger partial charge in [-0.3, -0.25) is 4.79 Å². The Morgan fingerprint density at radius 2 is 2.05 bits per heavy atom. The monoisotopic (exact) mass is 273 g/mol. The molecule has 3 amide bonds. The van der Waals surface area contributed by atoms with E-state index in [-0.39, 0.29) is 12.5 Å². The van der Waals surface area contributed by atoms with Gasteiger partial charge in [0.25, 0.3) is 0 Å². The predicted molar refractivity (Wildman–Crippen MR) is 65.4 cm³/mol. The summed E-state index contributed by atoms with van der Waals surface area (Å²) < 4.78 is 0. The molecule has 8 nitrogen and oxygen atoms in total. The van der Waals surface area contributed by atoms with E-state index in [2.05, 4.69) is 10.6 Å². The fourth-order valence-electron chi connectivity index (χ4n) is 1.85. The van der Waals surface area contributed by atoms with Gasteiger partial charge in [-0.1, -0.05) is 0 Å². The largest absolute Gasteiger partial charge is 0.480 e. The van der Waals surface area contributed by atoms with Crippen molar-refractivity contribution in [3.05, 3.63) is 0 Å². The second-order valence-electron chi connectivity index (χ2n) is 4.97. The summed E-state index contributed by atoms with van der Waals surface area (Å²) in [5.74, 6) is -1.64. The fraction of sp³-hybridized carbons (Fsp3) is 0.727. The number of aliphatic hydroxyl groups is 1. The van der Waals surface area contributed by atoms with Crippen LogP contribution in [0.15, 0.2) is 0 Å². The van der Waals surface area contributed by atoms with Crippen LogP contribution in [0.2, 0.25) is 0 Å². The van der Waals surface area contributed by atoms with Crippen molar-refractivity contribution in [1.82, 2.24) is 15.5 Å². The first-order valence-corrected chi connectivity index (χ1v) is 5.95. The zero-order valence-corrected chi connectivity index (χ0v) is 11.1. The van der Waals surface area contributed by atoms with Gasteiger partial charge in [0.2, 0.25) is 5.91 Å². The van der Waals surface area contributed by atoms with Gasteiger partial charge >= 0.3 is 12.0 Å². The molecular formula is C11H19N3O5. The number of nitrogens with one attached hydrogen (secondary N) is 2. The van der Waals surface area contributed by atoms with Crippen LogP contribution >= 0.6 is 0 Å². The summed E-state index contributed by atoms with van der Waals surface area (Å²) in [5.41, 5.74) is -1.07. The topological polar surface area (TPSA) is 119 Å². The third kappa shape index (κ3) is 3.14. The maximum absolute atomic E-state index is 12.0. The van der Waals surface area contributed by atoms with Crippen molar-refractivity contribution >= 4 is 17.9 Å². The standard InChI is InChI=1S/C11H19N3O5/c1-6(15)7(8(16)17)13-10(19)14-5-4-12-9(18)11(14,2)3/h6-7,15H,4-5H2,1-3H3,(H,12,18)(H,13,19)(H,16,17)/t6-,7+/m1/s1. The van der Waals surface area contributed by atoms with Crippen LogP contribution in [0.25, 0.3) is 0 Å². The molecule has 1 heterocycles. The minimum absolute atomic E-state index is 0.275. The number of carbonyl (C=O) groups is 3. The fourth-order valence-corrected chi connectivity index (χ4v) is 1.85. The summed E-state index contributed by atoms with van der Waals surface area (Å²) in [6.45, 7) is 4.99. The minimum atomic E-state index is -1.41. The van der Waals surface area contributed by atoms with E-state index in [1.807, 2.05) is 0 Å². The van der Waals surface area contributed by atoms with Crippen molar-refractivity contribution in [3.8, 4) is 0 Å². The summed E-state index contributed by atoms with van der Waals surface area (Å²) >= 11 is 0. The second kappa shape index (κ2) is 5.43. The minimum Gasteiger partial charge on any atom is -0.480 e. The zero-order chi connectivity index (χ0) is 14.8. The van der Waals surface area contributed by atoms with E-state index in [9.17, 15) is 19.5 Å². The van der Waals surface area contributed by atoms with Gasteiger partial charge in [0.1, 0.15) is 5.54 Å². The quantitative estimate of drug-likeness (QED) is 0.512. The van der Waals surface area contributed by atoms with E-state index in [1.165, 1.54) is 11.8 Å². The number of carboxylic acids is 1. The van der Waals surface area contributed by atoms with Crippen molar-refractivity contribution in [2.24, 2.45) is 0 Å². The normalized spacial score (nSPS) is 21.3. The Balaban J connectivity index is 2.82. The number of amides is 3. The highest BCUT2D eigenvalue weighted by Gasteiger charge is 2.41. The van der Waals surface area contributed by atoms with E-state index in [1.54, 1.807) is 13.8 Å². The number of carboxylic acid groups (broad SMARTS) is 1. The number of piperazine rings is 1. The molecule has 0 aromatic heterocycles. The molecule has 0 aliphatic carbocycles. The van der Waals surface area contributed by atoms with Crippen LogP contribution in [0.3, 0.4) is 0 Å². The van der Waals surface area contributed by atoms with Crippen molar-refractivity contribution in [1.29, 1.82) is 0 Å². The number of aliphatic hydroxyl groups excluding tert-OH is 1. The van der Waals surface area contributed by atoms with Crippen LogP contribution in [0.5, 0.6) is 0 Å². The van der Waals surface area contributed by atoms with E-state index >= 15 is 0 Å². The lowest BCUT2D eigenvalue weighted by atomic mass is 9.99. The lowest BCUT2D eigenvalue weighted by Crippen LogP contribution is -2.66. The van der Waals surface area contributed by atoms with E-state index < -0.39 is 29.7 Å². The first-order valence-electron chi connectivity index (χ1n) is 5.95. The predicted octanol–water partition coefficient (Wildman–Crippen LogP) is -1.26. The number of nitrogens with zero attached hydrogens (tertiary/aromatic N) is 1. The second-order valence-corrected chi connectivity index (χ2v) is 4.97. The Bertz CT molecular complexity index is 394. The molecule has 0 radical (unpaired) electrons. The molecule has 0 saturated carbocycles. The maximum atomic E-state index is 12.0. The molecule has 4 N–H and O–H groups in total. The number of urea groups is 1. The Morgan fingerprint density at radius 1 is 1.47 bits per heavy atom. The van der Waals surface area contributed by atoms with Crippen LogP contribution in [-0.2, 0) is 9.59 Å². The third-order valence-electron chi connectivity index (χ3n) is 3.12. The number of rotatable bonds is 3. The van der Waals surface area contributed by atoms with Crippen LogP contribution in [0.1, 0.15) is 20.8 Å². The first kappa shape index (κ1) is 15.2. The molecule has 1 aliphatic heterocycles. The Morgan fingerprint density at radius 3 is 2.53 bits per heavy atom. The Labute approximate surface area is 110 Å². The molecule has 0 spiro atoms. The molecule has 0 bridgehead atoms. The smallest absolute Gasteiger partial charge is 0.328 e. The van der Waals surface area contributed by atoms with Crippen LogP contribution in [-0.4, -0.2) is 63.8 Å². The van der Waals surface area contributed by atoms with Gasteiger partial charge in [-0.05, 0) is 20.8 Å². The molecule has 1 saturated heterocycles. The van der Waals surface area contributed by atoms with Crippen molar-refractivity contribution < 1.29 is 24.6 Å². The van der Waals surface area contributed by atoms with Crippen LogP contribution < -0.4 is 10.6 Å². The zero-order valence-electron chi connectivity index (χ0n) is 11.1. The molecule has 8 heteroatoms. The molecule has 108 valence electrons. The molecule has 1 fully saturated rings. The molecular weight excluding hydrogens is 254 g/mol. The molecule has 1 rings (SSSR count). The average Bonchev–Trinajstić information content (AvgIpc) is 2.28. The highest BCUT2D eigenvalue weighted by atomic mass is 16.4. The van der Waals surface area contributed by atoms with E-state index in [0.29, 0.717) is 6.54 Å². The lowest BCUT2D eigenvalue weighted by molar-refractivity contribution is -0.141. The maximum Gasteiger partial charge on any atom is 0.328 e. The van der Waals surface area contributed by atoms with Crippen LogP contribution in [0, 0.1) is 0 Å². The van der Waals surface area contributed by atoms with Gasteiger partial charge in [-0.2, -0.15) is 0 Å². The van der Waals surface area contributed by atoms with Gasteiger partial charge in [0, 0.05) is 13.1 Å². The average molecular weight is 273 g/mol.